The number of nitrogens with zero attached hydrogens (tertiary/aromatic N) is 1. The Kier molecular flexibility index (Phi) is 5.98. The normalized spacial score (nSPS) is 10.4. The van der Waals surface area contributed by atoms with Crippen molar-refractivity contribution in [1.82, 2.24) is 5.32 Å². The van der Waals surface area contributed by atoms with E-state index in [9.17, 15) is 14.9 Å². The predicted molar refractivity (Wildman–Crippen MR) is 104 cm³/mol. The fraction of sp³-hybridized carbons (Fsp3) is 0.0952. The van der Waals surface area contributed by atoms with E-state index in [4.69, 9.17) is 9.84 Å². The van der Waals surface area contributed by atoms with Gasteiger partial charge in [-0.05, 0) is 41.5 Å². The molecule has 0 heterocycles. The van der Waals surface area contributed by atoms with Gasteiger partial charge in [0.1, 0.15) is 11.5 Å². The first-order chi connectivity index (χ1) is 13.5. The lowest BCUT2D eigenvalue weighted by Crippen LogP contribution is -2.12. The lowest BCUT2D eigenvalue weighted by atomic mass is 10.2. The number of nitro benzene ring substituents is 1. The molecule has 0 aliphatic heterocycles. The van der Waals surface area contributed by atoms with Crippen LogP contribution in [0.1, 0.15) is 21.5 Å². The highest BCUT2D eigenvalue weighted by atomic mass is 16.6. The van der Waals surface area contributed by atoms with Gasteiger partial charge in [0.05, 0.1) is 10.5 Å². The fourth-order valence-electron chi connectivity index (χ4n) is 2.63. The van der Waals surface area contributed by atoms with Crippen LogP contribution in [0.5, 0.6) is 11.5 Å². The van der Waals surface area contributed by atoms with E-state index in [-0.39, 0.29) is 11.3 Å². The van der Waals surface area contributed by atoms with Crippen LogP contribution in [0.4, 0.5) is 5.69 Å². The minimum absolute atomic E-state index is 0.0700. The number of nitrogens with one attached hydrogen (secondary N) is 1. The summed E-state index contributed by atoms with van der Waals surface area (Å²) in [6, 6.07) is 20.2. The van der Waals surface area contributed by atoms with Crippen molar-refractivity contribution < 1.29 is 19.6 Å². The Bertz CT molecular complexity index is 986. The van der Waals surface area contributed by atoms with Crippen LogP contribution in [-0.2, 0) is 13.1 Å². The number of benzene rings is 3. The summed E-state index contributed by atoms with van der Waals surface area (Å²) in [6.07, 6.45) is 0. The summed E-state index contributed by atoms with van der Waals surface area (Å²) < 4.78 is 5.76. The third-order valence-electron chi connectivity index (χ3n) is 4.02. The molecule has 0 amide bonds. The number of ether oxygens (including phenoxy) is 1. The van der Waals surface area contributed by atoms with Gasteiger partial charge in [0.2, 0.25) is 0 Å². The number of hydrogen-bond acceptors (Lipinski definition) is 5. The molecule has 0 aliphatic carbocycles. The van der Waals surface area contributed by atoms with Crippen LogP contribution in [0.3, 0.4) is 0 Å². The Morgan fingerprint density at radius 2 is 1.57 bits per heavy atom. The number of carbonyl (C=O) groups is 1. The van der Waals surface area contributed by atoms with Gasteiger partial charge in [0.25, 0.3) is 5.69 Å². The van der Waals surface area contributed by atoms with E-state index in [1.165, 1.54) is 24.3 Å². The fourth-order valence-corrected chi connectivity index (χ4v) is 2.63. The molecule has 0 aliphatic rings. The average Bonchev–Trinajstić information content (AvgIpc) is 2.69. The topological polar surface area (TPSA) is 102 Å². The van der Waals surface area contributed by atoms with Gasteiger partial charge in [-0.15, -0.1) is 0 Å². The minimum atomic E-state index is -1.00. The van der Waals surface area contributed by atoms with E-state index >= 15 is 0 Å². The largest absolute Gasteiger partial charge is 0.478 e. The molecule has 142 valence electrons. The summed E-state index contributed by atoms with van der Waals surface area (Å²) in [6.45, 7) is 1.16. The van der Waals surface area contributed by atoms with Crippen LogP contribution >= 0.6 is 0 Å². The standard InChI is InChI=1S/C21H18N2O5/c24-21(25)17-4-2-6-20(12-17)28-19-5-1-3-16(11-19)14-22-13-15-7-9-18(10-8-15)23(26)27/h1-12,22H,13-14H2,(H,24,25). The first-order valence-electron chi connectivity index (χ1n) is 8.55. The van der Waals surface area contributed by atoms with Gasteiger partial charge < -0.3 is 15.2 Å². The molecule has 0 saturated heterocycles. The van der Waals surface area contributed by atoms with Crippen molar-refractivity contribution in [3.8, 4) is 11.5 Å². The molecule has 0 atom stereocenters. The maximum absolute atomic E-state index is 11.0. The molecule has 3 aromatic rings. The smallest absolute Gasteiger partial charge is 0.335 e. The van der Waals surface area contributed by atoms with Crippen molar-refractivity contribution in [3.05, 3.63) is 99.6 Å². The summed E-state index contributed by atoms with van der Waals surface area (Å²) in [5.74, 6) is 0.0581. The molecule has 2 N–H and O–H groups in total. The zero-order chi connectivity index (χ0) is 19.9. The van der Waals surface area contributed by atoms with Gasteiger partial charge in [0.15, 0.2) is 0 Å². The summed E-state index contributed by atoms with van der Waals surface area (Å²) >= 11 is 0. The van der Waals surface area contributed by atoms with Gasteiger partial charge >= 0.3 is 5.97 Å². The molecule has 0 spiro atoms. The Hall–Kier alpha value is -3.71. The molecule has 0 unspecified atom stereocenters. The van der Waals surface area contributed by atoms with E-state index in [0.29, 0.717) is 24.6 Å². The van der Waals surface area contributed by atoms with Crippen LogP contribution in [0, 0.1) is 10.1 Å². The third-order valence-corrected chi connectivity index (χ3v) is 4.02. The van der Waals surface area contributed by atoms with Crippen molar-refractivity contribution >= 4 is 11.7 Å². The molecule has 7 heteroatoms. The second kappa shape index (κ2) is 8.79. The number of rotatable bonds is 8. The molecule has 0 radical (unpaired) electrons. The molecule has 7 nitrogen and oxygen atoms in total. The number of nitro groups is 1. The highest BCUT2D eigenvalue weighted by molar-refractivity contribution is 5.88. The summed E-state index contributed by atoms with van der Waals surface area (Å²) in [5.41, 5.74) is 2.18. The molecule has 0 saturated carbocycles. The lowest BCUT2D eigenvalue weighted by molar-refractivity contribution is -0.384. The van der Waals surface area contributed by atoms with E-state index in [1.807, 2.05) is 18.2 Å². The zero-order valence-electron chi connectivity index (χ0n) is 14.9. The Balaban J connectivity index is 1.58. The highest BCUT2D eigenvalue weighted by Gasteiger charge is 2.06. The van der Waals surface area contributed by atoms with Crippen molar-refractivity contribution in [3.63, 3.8) is 0 Å². The second-order valence-corrected chi connectivity index (χ2v) is 6.11. The molecule has 28 heavy (non-hydrogen) atoms. The van der Waals surface area contributed by atoms with Gasteiger partial charge in [0, 0.05) is 25.2 Å². The van der Waals surface area contributed by atoms with Gasteiger partial charge in [-0.1, -0.05) is 30.3 Å². The Morgan fingerprint density at radius 1 is 0.929 bits per heavy atom. The van der Waals surface area contributed by atoms with Gasteiger partial charge in [-0.25, -0.2) is 4.79 Å². The molecule has 3 rings (SSSR count). The second-order valence-electron chi connectivity index (χ2n) is 6.11. The highest BCUT2D eigenvalue weighted by Crippen LogP contribution is 2.23. The quantitative estimate of drug-likeness (QED) is 0.446. The van der Waals surface area contributed by atoms with Gasteiger partial charge in [-0.3, -0.25) is 10.1 Å². The number of aromatic carboxylic acids is 1. The molecule has 0 bridgehead atoms. The van der Waals surface area contributed by atoms with Crippen LogP contribution in [0.15, 0.2) is 72.8 Å². The van der Waals surface area contributed by atoms with Crippen molar-refractivity contribution in [2.24, 2.45) is 0 Å². The maximum atomic E-state index is 11.0. The third kappa shape index (κ3) is 5.15. The number of hydrogen-bond donors (Lipinski definition) is 2. The number of carboxylic acid groups (broad SMARTS) is 1. The average molecular weight is 378 g/mol. The van der Waals surface area contributed by atoms with Crippen molar-refractivity contribution in [1.29, 1.82) is 0 Å². The van der Waals surface area contributed by atoms with Crippen LogP contribution < -0.4 is 10.1 Å². The molecular weight excluding hydrogens is 360 g/mol. The maximum Gasteiger partial charge on any atom is 0.335 e. The summed E-state index contributed by atoms with van der Waals surface area (Å²) in [7, 11) is 0. The molecule has 3 aromatic carbocycles. The van der Waals surface area contributed by atoms with Crippen molar-refractivity contribution in [2.75, 3.05) is 0 Å². The Morgan fingerprint density at radius 3 is 2.25 bits per heavy atom. The SMILES string of the molecule is O=C(O)c1cccc(Oc2cccc(CNCc3ccc([N+](=O)[O-])cc3)c2)c1. The first kappa shape index (κ1) is 19.1. The zero-order valence-corrected chi connectivity index (χ0v) is 14.9. The van der Waals surface area contributed by atoms with Crippen LogP contribution in [0.2, 0.25) is 0 Å². The van der Waals surface area contributed by atoms with Crippen LogP contribution in [0.25, 0.3) is 0 Å². The van der Waals surface area contributed by atoms with Crippen LogP contribution in [-0.4, -0.2) is 16.0 Å². The van der Waals surface area contributed by atoms with E-state index in [2.05, 4.69) is 5.32 Å². The molecule has 0 aromatic heterocycles. The van der Waals surface area contributed by atoms with E-state index in [0.717, 1.165) is 11.1 Å². The van der Waals surface area contributed by atoms with Crippen molar-refractivity contribution in [2.45, 2.75) is 13.1 Å². The van der Waals surface area contributed by atoms with E-state index < -0.39 is 10.9 Å². The monoisotopic (exact) mass is 378 g/mol. The predicted octanol–water partition coefficient (Wildman–Crippen LogP) is 4.38. The lowest BCUT2D eigenvalue weighted by Gasteiger charge is -2.09. The minimum Gasteiger partial charge on any atom is -0.478 e. The molecular formula is C21H18N2O5. The summed E-state index contributed by atoms with van der Waals surface area (Å²) in [4.78, 5) is 21.3. The number of carboxylic acids is 1. The van der Waals surface area contributed by atoms with Gasteiger partial charge in [-0.2, -0.15) is 0 Å². The molecule has 0 fully saturated rings. The first-order valence-corrected chi connectivity index (χ1v) is 8.55. The number of non-ortho nitro benzene ring substituents is 1. The summed E-state index contributed by atoms with van der Waals surface area (Å²) in [5, 5.41) is 23.0. The Labute approximate surface area is 161 Å². The van der Waals surface area contributed by atoms with E-state index in [1.54, 1.807) is 30.3 Å².